The van der Waals surface area contributed by atoms with Crippen LogP contribution >= 0.6 is 0 Å². The van der Waals surface area contributed by atoms with Crippen LogP contribution in [0, 0.1) is 5.92 Å². The molecule has 20 heavy (non-hydrogen) atoms. The number of ether oxygens (including phenoxy) is 1. The zero-order valence-corrected chi connectivity index (χ0v) is 13.7. The second-order valence-corrected chi connectivity index (χ2v) is 7.26. The monoisotopic (exact) mass is 284 g/mol. The van der Waals surface area contributed by atoms with Crippen molar-refractivity contribution in [3.05, 3.63) is 0 Å². The van der Waals surface area contributed by atoms with Crippen molar-refractivity contribution in [2.45, 2.75) is 65.6 Å². The van der Waals surface area contributed by atoms with Gasteiger partial charge in [-0.15, -0.1) is 0 Å². The van der Waals surface area contributed by atoms with Crippen LogP contribution in [0.5, 0.6) is 0 Å². The van der Waals surface area contributed by atoms with Crippen LogP contribution in [-0.4, -0.2) is 47.0 Å². The summed E-state index contributed by atoms with van der Waals surface area (Å²) in [6.45, 7) is 14.2. The maximum atomic E-state index is 12.5. The number of hydrogen-bond acceptors (Lipinski definition) is 3. The first-order valence-corrected chi connectivity index (χ1v) is 7.23. The Balaban J connectivity index is 2.84. The first kappa shape index (κ1) is 17.0. The largest absolute Gasteiger partial charge is 0.374 e. The third-order valence-corrected chi connectivity index (χ3v) is 3.33. The molecule has 5 nitrogen and oxygen atoms in total. The summed E-state index contributed by atoms with van der Waals surface area (Å²) in [5, 5.41) is 2.80. The van der Waals surface area contributed by atoms with Crippen LogP contribution in [0.1, 0.15) is 48.5 Å². The molecule has 2 amide bonds. The Hall–Kier alpha value is -1.10. The highest BCUT2D eigenvalue weighted by Gasteiger charge is 2.46. The summed E-state index contributed by atoms with van der Waals surface area (Å²) < 4.78 is 5.69. The minimum atomic E-state index is -0.843. The topological polar surface area (TPSA) is 58.6 Å². The summed E-state index contributed by atoms with van der Waals surface area (Å²) in [5.74, 6) is -0.0571. The van der Waals surface area contributed by atoms with Crippen molar-refractivity contribution in [3.63, 3.8) is 0 Å². The van der Waals surface area contributed by atoms with Crippen molar-refractivity contribution in [2.24, 2.45) is 5.92 Å². The number of carbonyl (C=O) groups excluding carboxylic acids is 2. The Bertz CT molecular complexity index is 383. The standard InChI is InChI=1S/C15H28N2O3/c1-10(2)11-12(18)16-15(6,7)13(19)17(11)8-9-20-14(3,4)5/h10-11H,8-9H2,1-7H3,(H,16,18). The molecule has 0 aromatic rings. The number of nitrogens with zero attached hydrogens (tertiary/aromatic N) is 1. The molecule has 1 N–H and O–H groups in total. The molecule has 0 aliphatic carbocycles. The molecular weight excluding hydrogens is 256 g/mol. The van der Waals surface area contributed by atoms with Crippen molar-refractivity contribution in [1.82, 2.24) is 10.2 Å². The van der Waals surface area contributed by atoms with E-state index in [0.29, 0.717) is 13.2 Å². The lowest BCUT2D eigenvalue weighted by molar-refractivity contribution is -0.157. The number of amides is 2. The second kappa shape index (κ2) is 5.72. The number of rotatable bonds is 4. The van der Waals surface area contributed by atoms with E-state index in [0.717, 1.165) is 0 Å². The van der Waals surface area contributed by atoms with Gasteiger partial charge in [0, 0.05) is 6.54 Å². The first-order chi connectivity index (χ1) is 8.96. The maximum Gasteiger partial charge on any atom is 0.248 e. The van der Waals surface area contributed by atoms with E-state index in [4.69, 9.17) is 4.74 Å². The average molecular weight is 284 g/mol. The van der Waals surface area contributed by atoms with Gasteiger partial charge in [-0.2, -0.15) is 0 Å². The van der Waals surface area contributed by atoms with Gasteiger partial charge in [-0.1, -0.05) is 13.8 Å². The molecule has 0 spiro atoms. The SMILES string of the molecule is CC(C)C1C(=O)NC(C)(C)C(=O)N1CCOC(C)(C)C. The number of nitrogens with one attached hydrogen (secondary N) is 1. The minimum Gasteiger partial charge on any atom is -0.374 e. The Morgan fingerprint density at radius 1 is 1.30 bits per heavy atom. The quantitative estimate of drug-likeness (QED) is 0.852. The fourth-order valence-electron chi connectivity index (χ4n) is 2.42. The zero-order chi connectivity index (χ0) is 15.7. The van der Waals surface area contributed by atoms with Crippen molar-refractivity contribution >= 4 is 11.8 Å². The van der Waals surface area contributed by atoms with Gasteiger partial charge >= 0.3 is 0 Å². The highest BCUT2D eigenvalue weighted by Crippen LogP contribution is 2.22. The lowest BCUT2D eigenvalue weighted by Crippen LogP contribution is -2.69. The molecule has 1 unspecified atom stereocenters. The van der Waals surface area contributed by atoms with Gasteiger partial charge in [-0.3, -0.25) is 9.59 Å². The fraction of sp³-hybridized carbons (Fsp3) is 0.867. The van der Waals surface area contributed by atoms with Gasteiger partial charge in [0.2, 0.25) is 11.8 Å². The van der Waals surface area contributed by atoms with E-state index >= 15 is 0 Å². The van der Waals surface area contributed by atoms with Crippen LogP contribution in [0.25, 0.3) is 0 Å². The molecule has 0 radical (unpaired) electrons. The summed E-state index contributed by atoms with van der Waals surface area (Å²) in [6.07, 6.45) is 0. The van der Waals surface area contributed by atoms with Crippen LogP contribution in [0.2, 0.25) is 0 Å². The van der Waals surface area contributed by atoms with Gasteiger partial charge in [0.25, 0.3) is 0 Å². The van der Waals surface area contributed by atoms with E-state index in [-0.39, 0.29) is 23.3 Å². The molecule has 0 saturated carbocycles. The fourth-order valence-corrected chi connectivity index (χ4v) is 2.42. The molecule has 1 aliphatic heterocycles. The molecule has 1 rings (SSSR count). The molecule has 1 aliphatic rings. The van der Waals surface area contributed by atoms with Gasteiger partial charge in [0.1, 0.15) is 11.6 Å². The van der Waals surface area contributed by atoms with Crippen LogP contribution in [0.4, 0.5) is 0 Å². The molecule has 1 fully saturated rings. The van der Waals surface area contributed by atoms with Crippen molar-refractivity contribution in [2.75, 3.05) is 13.2 Å². The van der Waals surface area contributed by atoms with Gasteiger partial charge < -0.3 is 15.0 Å². The van der Waals surface area contributed by atoms with Crippen LogP contribution in [0.3, 0.4) is 0 Å². The summed E-state index contributed by atoms with van der Waals surface area (Å²) in [6, 6.07) is -0.418. The Morgan fingerprint density at radius 2 is 1.85 bits per heavy atom. The number of piperazine rings is 1. The second-order valence-electron chi connectivity index (χ2n) is 7.26. The summed E-state index contributed by atoms with van der Waals surface area (Å²) >= 11 is 0. The molecule has 0 bridgehead atoms. The maximum absolute atomic E-state index is 12.5. The van der Waals surface area contributed by atoms with Crippen molar-refractivity contribution in [3.8, 4) is 0 Å². The lowest BCUT2D eigenvalue weighted by atomic mass is 9.91. The molecule has 1 heterocycles. The normalized spacial score (nSPS) is 23.2. The zero-order valence-electron chi connectivity index (χ0n) is 13.7. The molecule has 0 aromatic heterocycles. The van der Waals surface area contributed by atoms with Gasteiger partial charge in [0.15, 0.2) is 0 Å². The third kappa shape index (κ3) is 3.95. The molecular formula is C15H28N2O3. The third-order valence-electron chi connectivity index (χ3n) is 3.33. The molecule has 0 aromatic carbocycles. The van der Waals surface area contributed by atoms with Crippen LogP contribution in [0.15, 0.2) is 0 Å². The predicted octanol–water partition coefficient (Wildman–Crippen LogP) is 1.56. The Labute approximate surface area is 122 Å². The van der Waals surface area contributed by atoms with E-state index in [9.17, 15) is 9.59 Å². The summed E-state index contributed by atoms with van der Waals surface area (Å²) in [7, 11) is 0. The number of hydrogen-bond donors (Lipinski definition) is 1. The van der Waals surface area contributed by atoms with E-state index < -0.39 is 11.6 Å². The Morgan fingerprint density at radius 3 is 2.30 bits per heavy atom. The molecule has 1 atom stereocenters. The predicted molar refractivity (Wildman–Crippen MR) is 78.3 cm³/mol. The van der Waals surface area contributed by atoms with Crippen molar-refractivity contribution < 1.29 is 14.3 Å². The molecule has 5 heteroatoms. The van der Waals surface area contributed by atoms with Gasteiger partial charge in [-0.05, 0) is 40.5 Å². The summed E-state index contributed by atoms with van der Waals surface area (Å²) in [4.78, 5) is 26.4. The highest BCUT2D eigenvalue weighted by atomic mass is 16.5. The van der Waals surface area contributed by atoms with Crippen LogP contribution in [-0.2, 0) is 14.3 Å². The molecule has 116 valence electrons. The minimum absolute atomic E-state index is 0.0479. The van der Waals surface area contributed by atoms with E-state index in [2.05, 4.69) is 5.32 Å². The highest BCUT2D eigenvalue weighted by molar-refractivity contribution is 5.99. The Kier molecular flexibility index (Phi) is 4.85. The number of carbonyl (C=O) groups is 2. The smallest absolute Gasteiger partial charge is 0.248 e. The summed E-state index contributed by atoms with van der Waals surface area (Å²) in [5.41, 5.74) is -1.09. The van der Waals surface area contributed by atoms with Crippen LogP contribution < -0.4 is 5.32 Å². The molecule has 1 saturated heterocycles. The van der Waals surface area contributed by atoms with E-state index in [1.807, 2.05) is 34.6 Å². The van der Waals surface area contributed by atoms with Gasteiger partial charge in [-0.25, -0.2) is 0 Å². The average Bonchev–Trinajstić information content (AvgIpc) is 2.21. The lowest BCUT2D eigenvalue weighted by Gasteiger charge is -2.44. The van der Waals surface area contributed by atoms with Crippen molar-refractivity contribution in [1.29, 1.82) is 0 Å². The van der Waals surface area contributed by atoms with Gasteiger partial charge in [0.05, 0.1) is 12.2 Å². The van der Waals surface area contributed by atoms with E-state index in [1.165, 1.54) is 0 Å². The first-order valence-electron chi connectivity index (χ1n) is 7.23. The van der Waals surface area contributed by atoms with E-state index in [1.54, 1.807) is 18.7 Å².